The van der Waals surface area contributed by atoms with E-state index in [0.29, 0.717) is 11.5 Å². The zero-order chi connectivity index (χ0) is 19.5. The molecule has 5 nitrogen and oxygen atoms in total. The minimum Gasteiger partial charge on any atom is -0.268 e. The number of anilines is 2. The molecule has 0 bridgehead atoms. The smallest absolute Gasteiger partial charge is 0.268 e. The van der Waals surface area contributed by atoms with Crippen molar-refractivity contribution in [2.75, 3.05) is 9.80 Å². The van der Waals surface area contributed by atoms with Crippen molar-refractivity contribution in [1.82, 2.24) is 4.98 Å². The number of aromatic nitrogens is 1. The van der Waals surface area contributed by atoms with Crippen LogP contribution >= 0.6 is 12.2 Å². The fraction of sp³-hybridized carbons (Fsp3) is 0. The second-order valence-electron chi connectivity index (χ2n) is 6.06. The summed E-state index contributed by atoms with van der Waals surface area (Å²) in [7, 11) is 0. The first-order chi connectivity index (χ1) is 13.7. The van der Waals surface area contributed by atoms with Crippen molar-refractivity contribution in [3.63, 3.8) is 0 Å². The molecule has 1 aliphatic heterocycles. The molecule has 3 aromatic rings. The number of carbonyl (C=O) groups is 2. The molecular formula is C22H15N3O2S. The molecule has 6 heteroatoms. The Morgan fingerprint density at radius 3 is 2.00 bits per heavy atom. The van der Waals surface area contributed by atoms with Crippen LogP contribution in [0.5, 0.6) is 0 Å². The lowest BCUT2D eigenvalue weighted by Crippen LogP contribution is -2.57. The van der Waals surface area contributed by atoms with E-state index in [0.717, 1.165) is 5.56 Å². The van der Waals surface area contributed by atoms with Gasteiger partial charge in [0, 0.05) is 6.20 Å². The van der Waals surface area contributed by atoms with E-state index in [2.05, 4.69) is 4.98 Å². The van der Waals surface area contributed by atoms with Gasteiger partial charge in [0.25, 0.3) is 11.8 Å². The van der Waals surface area contributed by atoms with Crippen LogP contribution in [0, 0.1) is 0 Å². The van der Waals surface area contributed by atoms with Crippen molar-refractivity contribution in [3.8, 4) is 0 Å². The first kappa shape index (κ1) is 17.8. The molecule has 0 radical (unpaired) electrons. The van der Waals surface area contributed by atoms with E-state index in [-0.39, 0.29) is 10.7 Å². The summed E-state index contributed by atoms with van der Waals surface area (Å²) in [5, 5.41) is 0.0742. The first-order valence-corrected chi connectivity index (χ1v) is 9.03. The van der Waals surface area contributed by atoms with Crippen LogP contribution in [-0.2, 0) is 9.59 Å². The van der Waals surface area contributed by atoms with Crippen LogP contribution in [0.15, 0.2) is 90.6 Å². The maximum Gasteiger partial charge on any atom is 0.271 e. The van der Waals surface area contributed by atoms with E-state index < -0.39 is 11.8 Å². The van der Waals surface area contributed by atoms with E-state index in [9.17, 15) is 9.59 Å². The van der Waals surface area contributed by atoms with E-state index in [1.807, 2.05) is 48.5 Å². The summed E-state index contributed by atoms with van der Waals surface area (Å²) in [6.45, 7) is 0. The summed E-state index contributed by atoms with van der Waals surface area (Å²) in [6.07, 6.45) is 3.16. The third-order valence-electron chi connectivity index (χ3n) is 4.25. The van der Waals surface area contributed by atoms with Gasteiger partial charge in [-0.05, 0) is 48.1 Å². The molecule has 1 aromatic heterocycles. The highest BCUT2D eigenvalue weighted by Gasteiger charge is 2.41. The molecule has 1 aliphatic rings. The molecule has 2 aromatic carbocycles. The highest BCUT2D eigenvalue weighted by molar-refractivity contribution is 7.81. The van der Waals surface area contributed by atoms with Crippen molar-refractivity contribution in [2.24, 2.45) is 0 Å². The molecule has 28 heavy (non-hydrogen) atoms. The Hall–Kier alpha value is -3.64. The van der Waals surface area contributed by atoms with Gasteiger partial charge >= 0.3 is 0 Å². The van der Waals surface area contributed by atoms with Crippen molar-refractivity contribution < 1.29 is 9.59 Å². The number of para-hydroxylation sites is 1. The lowest BCUT2D eigenvalue weighted by molar-refractivity contribution is -0.120. The van der Waals surface area contributed by atoms with Crippen molar-refractivity contribution >= 4 is 46.7 Å². The SMILES string of the molecule is O=C1/C(=C\c2ccccc2)C(=O)N(c2ccccn2)C(=S)N1c1ccccc1. The van der Waals surface area contributed by atoms with Gasteiger partial charge in [-0.15, -0.1) is 0 Å². The Morgan fingerprint density at radius 2 is 1.36 bits per heavy atom. The second kappa shape index (κ2) is 7.54. The number of thiocarbonyl (C=S) groups is 1. The van der Waals surface area contributed by atoms with Gasteiger partial charge in [-0.25, -0.2) is 9.88 Å². The molecule has 2 amide bonds. The van der Waals surface area contributed by atoms with Crippen LogP contribution in [0.25, 0.3) is 6.08 Å². The van der Waals surface area contributed by atoms with Crippen LogP contribution in [0.4, 0.5) is 11.5 Å². The van der Waals surface area contributed by atoms with Gasteiger partial charge in [-0.1, -0.05) is 54.6 Å². The maximum atomic E-state index is 13.2. The summed E-state index contributed by atoms with van der Waals surface area (Å²) in [5.74, 6) is -0.591. The third-order valence-corrected chi connectivity index (χ3v) is 4.62. The Labute approximate surface area is 167 Å². The summed E-state index contributed by atoms with van der Waals surface area (Å²) in [5.41, 5.74) is 1.36. The molecule has 1 saturated heterocycles. The zero-order valence-corrected chi connectivity index (χ0v) is 15.5. The lowest BCUT2D eigenvalue weighted by Gasteiger charge is -2.35. The van der Waals surface area contributed by atoms with E-state index >= 15 is 0 Å². The summed E-state index contributed by atoms with van der Waals surface area (Å²) in [6, 6.07) is 23.5. The molecule has 0 atom stereocenters. The van der Waals surface area contributed by atoms with Gasteiger partial charge in [0.1, 0.15) is 11.4 Å². The highest BCUT2D eigenvalue weighted by Crippen LogP contribution is 2.28. The number of amides is 2. The Bertz CT molecular complexity index is 1000. The van der Waals surface area contributed by atoms with Gasteiger partial charge in [0.2, 0.25) is 0 Å². The third kappa shape index (κ3) is 3.21. The monoisotopic (exact) mass is 385 g/mol. The maximum absolute atomic E-state index is 13.2. The molecule has 1 fully saturated rings. The standard InChI is InChI=1S/C22H15N3O2S/c26-20-18(15-16-9-3-1-4-10-16)21(27)25(19-13-7-8-14-23-19)22(28)24(20)17-11-5-2-6-12-17/h1-15H/b18-15+. The largest absolute Gasteiger partial charge is 0.271 e. The van der Waals surface area contributed by atoms with Crippen LogP contribution in [0.3, 0.4) is 0 Å². The highest BCUT2D eigenvalue weighted by atomic mass is 32.1. The number of carbonyl (C=O) groups excluding carboxylic acids is 2. The average Bonchev–Trinajstić information content (AvgIpc) is 2.74. The molecular weight excluding hydrogens is 370 g/mol. The molecule has 136 valence electrons. The summed E-state index contributed by atoms with van der Waals surface area (Å²) in [4.78, 5) is 33.3. The molecule has 0 spiro atoms. The lowest BCUT2D eigenvalue weighted by atomic mass is 10.1. The number of hydrogen-bond donors (Lipinski definition) is 0. The average molecular weight is 385 g/mol. The number of benzene rings is 2. The fourth-order valence-corrected chi connectivity index (χ4v) is 3.30. The van der Waals surface area contributed by atoms with Gasteiger partial charge in [-0.2, -0.15) is 0 Å². The molecule has 0 unspecified atom stereocenters. The van der Waals surface area contributed by atoms with Gasteiger partial charge in [0.05, 0.1) is 5.69 Å². The molecule has 0 N–H and O–H groups in total. The predicted molar refractivity (Wildman–Crippen MR) is 113 cm³/mol. The second-order valence-corrected chi connectivity index (χ2v) is 6.42. The Balaban J connectivity index is 1.87. The van der Waals surface area contributed by atoms with Gasteiger partial charge in [-0.3, -0.25) is 14.5 Å². The van der Waals surface area contributed by atoms with Crippen molar-refractivity contribution in [3.05, 3.63) is 96.2 Å². The van der Waals surface area contributed by atoms with E-state index in [4.69, 9.17) is 12.2 Å². The Morgan fingerprint density at radius 1 is 0.750 bits per heavy atom. The quantitative estimate of drug-likeness (QED) is 0.391. The minimum absolute atomic E-state index is 0.0225. The minimum atomic E-state index is -0.496. The molecule has 0 aliphatic carbocycles. The number of hydrogen-bond acceptors (Lipinski definition) is 4. The first-order valence-electron chi connectivity index (χ1n) is 8.62. The number of pyridine rings is 1. The van der Waals surface area contributed by atoms with Crippen LogP contribution in [-0.4, -0.2) is 21.9 Å². The van der Waals surface area contributed by atoms with Crippen molar-refractivity contribution in [1.29, 1.82) is 0 Å². The predicted octanol–water partition coefficient (Wildman–Crippen LogP) is 3.83. The fourth-order valence-electron chi connectivity index (χ4n) is 2.94. The molecule has 0 saturated carbocycles. The Kier molecular flexibility index (Phi) is 4.78. The topological polar surface area (TPSA) is 53.5 Å². The van der Waals surface area contributed by atoms with Crippen LogP contribution < -0.4 is 9.80 Å². The van der Waals surface area contributed by atoms with Gasteiger partial charge in [0.15, 0.2) is 5.11 Å². The summed E-state index contributed by atoms with van der Waals surface area (Å²) < 4.78 is 0. The van der Waals surface area contributed by atoms with Crippen LogP contribution in [0.1, 0.15) is 5.56 Å². The van der Waals surface area contributed by atoms with Crippen LogP contribution in [0.2, 0.25) is 0 Å². The molecule has 2 heterocycles. The number of nitrogens with zero attached hydrogens (tertiary/aromatic N) is 3. The zero-order valence-electron chi connectivity index (χ0n) is 14.7. The van der Waals surface area contributed by atoms with E-state index in [1.54, 1.807) is 42.6 Å². The van der Waals surface area contributed by atoms with E-state index in [1.165, 1.54) is 9.80 Å². The van der Waals surface area contributed by atoms with Crippen molar-refractivity contribution in [2.45, 2.75) is 0 Å². The summed E-state index contributed by atoms with van der Waals surface area (Å²) >= 11 is 5.53. The molecule has 4 rings (SSSR count). The van der Waals surface area contributed by atoms with Gasteiger partial charge < -0.3 is 0 Å². The normalized spacial score (nSPS) is 16.0. The number of rotatable bonds is 3.